The second-order valence-electron chi connectivity index (χ2n) is 7.70. The zero-order valence-electron chi connectivity index (χ0n) is 18.3. The molecule has 1 amide bonds. The van der Waals surface area contributed by atoms with E-state index >= 15 is 0 Å². The van der Waals surface area contributed by atoms with Crippen LogP contribution in [0.25, 0.3) is 0 Å². The Bertz CT molecular complexity index is 957. The predicted octanol–water partition coefficient (Wildman–Crippen LogP) is 2.51. The first-order valence-electron chi connectivity index (χ1n) is 10.4. The fraction of sp³-hybridized carbons (Fsp3) is 0.476. The third-order valence-electron chi connectivity index (χ3n) is 5.49. The number of amides is 1. The third-order valence-corrected chi connectivity index (χ3v) is 5.49. The van der Waals surface area contributed by atoms with Gasteiger partial charge in [0.25, 0.3) is 5.91 Å². The molecule has 0 saturated carbocycles. The van der Waals surface area contributed by atoms with Crippen LogP contribution in [-0.2, 0) is 0 Å². The summed E-state index contributed by atoms with van der Waals surface area (Å²) in [6.45, 7) is 2.60. The zero-order chi connectivity index (χ0) is 24.5. The number of allylic oxidation sites excluding steroid dienone is 4. The molecule has 1 aromatic rings. The van der Waals surface area contributed by atoms with E-state index in [9.17, 15) is 18.0 Å². The molecular weight excluding hydrogens is 437 g/mol. The van der Waals surface area contributed by atoms with Crippen molar-refractivity contribution < 1.29 is 18.0 Å². The third kappa shape index (κ3) is 7.20. The summed E-state index contributed by atoms with van der Waals surface area (Å²) in [6, 6.07) is 0. The molecule has 0 radical (unpaired) electrons. The molecule has 0 unspecified atom stereocenters. The molecule has 0 atom stereocenters. The topological polar surface area (TPSA) is 146 Å². The minimum atomic E-state index is -4.49. The van der Waals surface area contributed by atoms with Gasteiger partial charge in [0.15, 0.2) is 11.5 Å². The minimum absolute atomic E-state index is 0.0386. The molecule has 1 aromatic heterocycles. The summed E-state index contributed by atoms with van der Waals surface area (Å²) < 4.78 is 40.4. The SMILES string of the molecule is CC/C=C\C(=C/CC1(CNC(=O)c2nccnc2N)CCN(C(N)=NC#N)CC1)C(F)(F)F. The van der Waals surface area contributed by atoms with Gasteiger partial charge in [0.05, 0.1) is 5.57 Å². The van der Waals surface area contributed by atoms with Gasteiger partial charge in [0.2, 0.25) is 12.2 Å². The number of nitrogens with two attached hydrogens (primary N) is 2. The molecule has 0 bridgehead atoms. The summed E-state index contributed by atoms with van der Waals surface area (Å²) in [5.41, 5.74) is 10.0. The fourth-order valence-electron chi connectivity index (χ4n) is 3.51. The number of aliphatic imine (C=N–C) groups is 1. The number of hydrogen-bond donors (Lipinski definition) is 3. The maximum Gasteiger partial charge on any atom is 0.416 e. The van der Waals surface area contributed by atoms with Crippen molar-refractivity contribution in [3.8, 4) is 6.19 Å². The first-order chi connectivity index (χ1) is 15.6. The number of nitriles is 1. The van der Waals surface area contributed by atoms with E-state index in [0.29, 0.717) is 32.4 Å². The van der Waals surface area contributed by atoms with Crippen molar-refractivity contribution in [2.75, 3.05) is 25.4 Å². The van der Waals surface area contributed by atoms with Crippen LogP contribution in [0.3, 0.4) is 0 Å². The number of anilines is 1. The molecule has 12 heteroatoms. The normalized spacial score (nSPS) is 17.1. The van der Waals surface area contributed by atoms with Crippen LogP contribution >= 0.6 is 0 Å². The summed E-state index contributed by atoms with van der Waals surface area (Å²) in [4.78, 5) is 25.5. The molecule has 1 fully saturated rings. The van der Waals surface area contributed by atoms with Gasteiger partial charge in [-0.1, -0.05) is 25.2 Å². The number of alkyl halides is 3. The highest BCUT2D eigenvalue weighted by atomic mass is 19.4. The van der Waals surface area contributed by atoms with Gasteiger partial charge in [0, 0.05) is 32.0 Å². The number of piperidine rings is 1. The van der Waals surface area contributed by atoms with Crippen LogP contribution < -0.4 is 16.8 Å². The molecule has 178 valence electrons. The van der Waals surface area contributed by atoms with Crippen molar-refractivity contribution in [1.82, 2.24) is 20.2 Å². The fourth-order valence-corrected chi connectivity index (χ4v) is 3.51. The van der Waals surface area contributed by atoms with E-state index in [4.69, 9.17) is 16.7 Å². The lowest BCUT2D eigenvalue weighted by atomic mass is 9.75. The van der Waals surface area contributed by atoms with Crippen molar-refractivity contribution in [2.45, 2.75) is 38.8 Å². The largest absolute Gasteiger partial charge is 0.416 e. The monoisotopic (exact) mass is 464 g/mol. The number of guanidine groups is 1. The van der Waals surface area contributed by atoms with E-state index in [1.807, 2.05) is 0 Å². The first kappa shape index (κ1) is 25.6. The van der Waals surface area contributed by atoms with Crippen LogP contribution in [0.4, 0.5) is 19.0 Å². The minimum Gasteiger partial charge on any atom is -0.382 e. The number of carbonyl (C=O) groups excluding carboxylic acids is 1. The Morgan fingerprint density at radius 1 is 1.36 bits per heavy atom. The molecule has 1 aliphatic heterocycles. The molecule has 0 aromatic carbocycles. The number of nitrogen functional groups attached to an aromatic ring is 1. The van der Waals surface area contributed by atoms with Crippen molar-refractivity contribution in [3.05, 3.63) is 41.9 Å². The van der Waals surface area contributed by atoms with Gasteiger partial charge >= 0.3 is 6.18 Å². The van der Waals surface area contributed by atoms with Gasteiger partial charge in [0.1, 0.15) is 0 Å². The van der Waals surface area contributed by atoms with E-state index in [1.165, 1.54) is 18.5 Å². The quantitative estimate of drug-likeness (QED) is 0.243. The number of likely N-dealkylation sites (tertiary alicyclic amines) is 1. The Morgan fingerprint density at radius 3 is 2.61 bits per heavy atom. The molecular formula is C21H27F3N8O. The second-order valence-corrected chi connectivity index (χ2v) is 7.70. The average molecular weight is 464 g/mol. The summed E-state index contributed by atoms with van der Waals surface area (Å²) in [5, 5.41) is 11.4. The van der Waals surface area contributed by atoms with Gasteiger partial charge < -0.3 is 21.7 Å². The second kappa shape index (κ2) is 11.3. The predicted molar refractivity (Wildman–Crippen MR) is 117 cm³/mol. The lowest BCUT2D eigenvalue weighted by Crippen LogP contribution is -2.49. The Kier molecular flexibility index (Phi) is 8.78. The highest BCUT2D eigenvalue weighted by molar-refractivity contribution is 5.96. The van der Waals surface area contributed by atoms with E-state index < -0.39 is 23.1 Å². The Hall–Kier alpha value is -3.62. The number of aromatic nitrogens is 2. The van der Waals surface area contributed by atoms with Crippen LogP contribution in [0.5, 0.6) is 0 Å². The Labute approximate surface area is 190 Å². The zero-order valence-corrected chi connectivity index (χ0v) is 18.3. The molecule has 5 N–H and O–H groups in total. The standard InChI is InChI=1S/C21H27F3N8O/c1-2-3-4-15(21(22,23)24)5-6-20(7-11-32(12-8-20)19(27)31-14-25)13-30-18(33)16-17(26)29-10-9-28-16/h3-5,9-10H,2,6-8,11-13H2,1H3,(H2,26,29)(H2,27,31)(H,30,33)/b4-3-,15-5+. The summed E-state index contributed by atoms with van der Waals surface area (Å²) in [5.74, 6) is -0.540. The van der Waals surface area contributed by atoms with E-state index in [-0.39, 0.29) is 30.4 Å². The number of nitrogens with zero attached hydrogens (tertiary/aromatic N) is 5. The van der Waals surface area contributed by atoms with Gasteiger partial charge in [-0.3, -0.25) is 4.79 Å². The maximum absolute atomic E-state index is 13.5. The van der Waals surface area contributed by atoms with Crippen molar-refractivity contribution in [1.29, 1.82) is 5.26 Å². The highest BCUT2D eigenvalue weighted by Crippen LogP contribution is 2.37. The van der Waals surface area contributed by atoms with Crippen LogP contribution in [0, 0.1) is 16.9 Å². The van der Waals surface area contributed by atoms with Gasteiger partial charge in [-0.15, -0.1) is 4.99 Å². The van der Waals surface area contributed by atoms with Crippen molar-refractivity contribution in [3.63, 3.8) is 0 Å². The molecule has 1 aliphatic rings. The Balaban J connectivity index is 2.25. The molecule has 2 heterocycles. The van der Waals surface area contributed by atoms with Crippen molar-refractivity contribution >= 4 is 17.7 Å². The number of rotatable bonds is 7. The van der Waals surface area contributed by atoms with E-state index in [2.05, 4.69) is 20.3 Å². The molecule has 33 heavy (non-hydrogen) atoms. The number of hydrogen-bond acceptors (Lipinski definition) is 6. The van der Waals surface area contributed by atoms with Crippen LogP contribution in [0.15, 0.2) is 41.2 Å². The van der Waals surface area contributed by atoms with E-state index in [1.54, 1.807) is 18.0 Å². The van der Waals surface area contributed by atoms with Gasteiger partial charge in [-0.25, -0.2) is 9.97 Å². The molecule has 0 aliphatic carbocycles. The summed E-state index contributed by atoms with van der Waals surface area (Å²) in [6.07, 6.45) is 4.89. The highest BCUT2D eigenvalue weighted by Gasteiger charge is 2.37. The summed E-state index contributed by atoms with van der Waals surface area (Å²) in [7, 11) is 0. The lowest BCUT2D eigenvalue weighted by molar-refractivity contribution is -0.0886. The molecule has 1 saturated heterocycles. The van der Waals surface area contributed by atoms with Crippen LogP contribution in [0.1, 0.15) is 43.1 Å². The number of halogens is 3. The molecule has 9 nitrogen and oxygen atoms in total. The van der Waals surface area contributed by atoms with Gasteiger partial charge in [-0.2, -0.15) is 18.4 Å². The molecule has 0 spiro atoms. The first-order valence-corrected chi connectivity index (χ1v) is 10.4. The van der Waals surface area contributed by atoms with Crippen LogP contribution in [0.2, 0.25) is 0 Å². The van der Waals surface area contributed by atoms with Crippen molar-refractivity contribution in [2.24, 2.45) is 16.1 Å². The summed E-state index contributed by atoms with van der Waals surface area (Å²) >= 11 is 0. The van der Waals surface area contributed by atoms with Gasteiger partial charge in [-0.05, 0) is 31.1 Å². The number of carbonyl (C=O) groups is 1. The Morgan fingerprint density at radius 2 is 2.03 bits per heavy atom. The van der Waals surface area contributed by atoms with E-state index in [0.717, 1.165) is 12.2 Å². The maximum atomic E-state index is 13.5. The number of nitrogens with one attached hydrogen (secondary N) is 1. The average Bonchev–Trinajstić information content (AvgIpc) is 2.77. The van der Waals surface area contributed by atoms with Crippen LogP contribution in [-0.4, -0.2) is 52.5 Å². The lowest BCUT2D eigenvalue weighted by Gasteiger charge is -2.42. The smallest absolute Gasteiger partial charge is 0.382 e. The molecule has 2 rings (SSSR count).